The molecule has 0 spiro atoms. The number of carbonyl (C=O) groups is 1. The van der Waals surface area contributed by atoms with Crippen LogP contribution in [0.15, 0.2) is 18.3 Å². The molecule has 1 N–H and O–H groups in total. The molecule has 0 saturated carbocycles. The van der Waals surface area contributed by atoms with Crippen LogP contribution in [-0.4, -0.2) is 39.5 Å². The molecule has 90 valence electrons. The Balaban J connectivity index is 2.56. The largest absolute Gasteiger partial charge is 0.478 e. The van der Waals surface area contributed by atoms with Crippen molar-refractivity contribution in [3.05, 3.63) is 35.3 Å². The average molecular weight is 233 g/mol. The maximum absolute atomic E-state index is 10.9. The Morgan fingerprint density at radius 1 is 1.53 bits per heavy atom. The molecule has 0 aliphatic rings. The van der Waals surface area contributed by atoms with Crippen LogP contribution in [0.4, 0.5) is 0 Å². The number of aromatic nitrogens is 2. The molecular weight excluding hydrogens is 218 g/mol. The molecule has 0 bridgehead atoms. The van der Waals surface area contributed by atoms with Crippen LogP contribution in [0.3, 0.4) is 0 Å². The van der Waals surface area contributed by atoms with Crippen molar-refractivity contribution in [3.8, 4) is 0 Å². The summed E-state index contributed by atoms with van der Waals surface area (Å²) in [5.41, 5.74) is 2.96. The summed E-state index contributed by atoms with van der Waals surface area (Å²) in [5.74, 6) is -0.928. The molecule has 2 rings (SSSR count). The third kappa shape index (κ3) is 2.14. The fourth-order valence-corrected chi connectivity index (χ4v) is 1.84. The molecule has 0 saturated heterocycles. The zero-order valence-corrected chi connectivity index (χ0v) is 10.1. The SMILES string of the molecule is Cc1nc2cc(C(=O)O)ccn2c1CN(C)C. The second-order valence-corrected chi connectivity index (χ2v) is 4.33. The van der Waals surface area contributed by atoms with E-state index in [1.807, 2.05) is 25.4 Å². The van der Waals surface area contributed by atoms with Gasteiger partial charge in [-0.15, -0.1) is 0 Å². The first-order valence-electron chi connectivity index (χ1n) is 5.34. The summed E-state index contributed by atoms with van der Waals surface area (Å²) in [4.78, 5) is 17.3. The van der Waals surface area contributed by atoms with E-state index in [4.69, 9.17) is 5.11 Å². The molecule has 2 aromatic heterocycles. The van der Waals surface area contributed by atoms with Crippen molar-refractivity contribution in [1.82, 2.24) is 14.3 Å². The van der Waals surface area contributed by atoms with Crippen LogP contribution in [0.5, 0.6) is 0 Å². The lowest BCUT2D eigenvalue weighted by Crippen LogP contribution is -2.13. The molecule has 0 fully saturated rings. The lowest BCUT2D eigenvalue weighted by molar-refractivity contribution is 0.0697. The number of aryl methyl sites for hydroxylation is 1. The lowest BCUT2D eigenvalue weighted by atomic mass is 10.2. The Labute approximate surface area is 99.3 Å². The molecule has 0 unspecified atom stereocenters. The van der Waals surface area contributed by atoms with E-state index in [1.54, 1.807) is 18.3 Å². The molecule has 5 heteroatoms. The molecule has 0 aromatic carbocycles. The standard InChI is InChI=1S/C12H15N3O2/c1-8-10(7-14(2)3)15-5-4-9(12(16)17)6-11(15)13-8/h4-6H,7H2,1-3H3,(H,16,17). The number of carboxylic acids is 1. The summed E-state index contributed by atoms with van der Waals surface area (Å²) in [7, 11) is 3.98. The van der Waals surface area contributed by atoms with Gasteiger partial charge < -0.3 is 14.4 Å². The third-order valence-corrected chi connectivity index (χ3v) is 2.64. The predicted octanol–water partition coefficient (Wildman–Crippen LogP) is 1.40. The number of nitrogens with zero attached hydrogens (tertiary/aromatic N) is 3. The minimum atomic E-state index is -0.928. The maximum Gasteiger partial charge on any atom is 0.335 e. The number of carboxylic acid groups (broad SMARTS) is 1. The lowest BCUT2D eigenvalue weighted by Gasteiger charge is -2.10. The Morgan fingerprint density at radius 3 is 2.82 bits per heavy atom. The fourth-order valence-electron chi connectivity index (χ4n) is 1.84. The van der Waals surface area contributed by atoms with E-state index in [1.165, 1.54) is 0 Å². The van der Waals surface area contributed by atoms with Gasteiger partial charge in [0.1, 0.15) is 5.65 Å². The van der Waals surface area contributed by atoms with Gasteiger partial charge in [-0.25, -0.2) is 9.78 Å². The van der Waals surface area contributed by atoms with E-state index < -0.39 is 5.97 Å². The number of pyridine rings is 1. The van der Waals surface area contributed by atoms with Crippen molar-refractivity contribution in [1.29, 1.82) is 0 Å². The highest BCUT2D eigenvalue weighted by Crippen LogP contribution is 2.15. The molecule has 0 radical (unpaired) electrons. The van der Waals surface area contributed by atoms with E-state index in [-0.39, 0.29) is 5.56 Å². The van der Waals surface area contributed by atoms with Crippen molar-refractivity contribution in [2.24, 2.45) is 0 Å². The van der Waals surface area contributed by atoms with Gasteiger partial charge in [0.05, 0.1) is 17.0 Å². The van der Waals surface area contributed by atoms with Crippen molar-refractivity contribution in [3.63, 3.8) is 0 Å². The zero-order valence-electron chi connectivity index (χ0n) is 10.1. The van der Waals surface area contributed by atoms with E-state index in [9.17, 15) is 4.79 Å². The molecule has 17 heavy (non-hydrogen) atoms. The van der Waals surface area contributed by atoms with Gasteiger partial charge in [0.25, 0.3) is 0 Å². The Morgan fingerprint density at radius 2 is 2.24 bits per heavy atom. The van der Waals surface area contributed by atoms with Crippen LogP contribution < -0.4 is 0 Å². The zero-order chi connectivity index (χ0) is 12.6. The quantitative estimate of drug-likeness (QED) is 0.870. The number of fused-ring (bicyclic) bond motifs is 1. The average Bonchev–Trinajstić information content (AvgIpc) is 2.54. The van der Waals surface area contributed by atoms with Crippen LogP contribution >= 0.6 is 0 Å². The maximum atomic E-state index is 10.9. The van der Waals surface area contributed by atoms with Gasteiger partial charge in [0.15, 0.2) is 0 Å². The van der Waals surface area contributed by atoms with Crippen LogP contribution in [0.2, 0.25) is 0 Å². The highest BCUT2D eigenvalue weighted by atomic mass is 16.4. The molecular formula is C12H15N3O2. The van der Waals surface area contributed by atoms with Gasteiger partial charge in [-0.05, 0) is 33.2 Å². The van der Waals surface area contributed by atoms with Crippen LogP contribution in [0.1, 0.15) is 21.7 Å². The second kappa shape index (κ2) is 4.18. The molecule has 0 aliphatic heterocycles. The van der Waals surface area contributed by atoms with E-state index in [2.05, 4.69) is 9.88 Å². The summed E-state index contributed by atoms with van der Waals surface area (Å²) in [6.45, 7) is 2.71. The van der Waals surface area contributed by atoms with Crippen LogP contribution in [0, 0.1) is 6.92 Å². The summed E-state index contributed by atoms with van der Waals surface area (Å²) < 4.78 is 1.93. The smallest absolute Gasteiger partial charge is 0.335 e. The van der Waals surface area contributed by atoms with Crippen molar-refractivity contribution < 1.29 is 9.90 Å². The number of rotatable bonds is 3. The normalized spacial score (nSPS) is 11.3. The molecule has 0 amide bonds. The number of aromatic carboxylic acids is 1. The van der Waals surface area contributed by atoms with Gasteiger partial charge in [-0.3, -0.25) is 0 Å². The van der Waals surface area contributed by atoms with Gasteiger partial charge in [-0.1, -0.05) is 0 Å². The Kier molecular flexibility index (Phi) is 2.85. The minimum Gasteiger partial charge on any atom is -0.478 e. The van der Waals surface area contributed by atoms with E-state index in [0.29, 0.717) is 5.65 Å². The van der Waals surface area contributed by atoms with Gasteiger partial charge in [0, 0.05) is 12.7 Å². The monoisotopic (exact) mass is 233 g/mol. The van der Waals surface area contributed by atoms with Crippen LogP contribution in [0.25, 0.3) is 5.65 Å². The van der Waals surface area contributed by atoms with E-state index in [0.717, 1.165) is 17.9 Å². The first kappa shape index (κ1) is 11.6. The van der Waals surface area contributed by atoms with Crippen LogP contribution in [-0.2, 0) is 6.54 Å². The Bertz CT molecular complexity index is 572. The molecule has 5 nitrogen and oxygen atoms in total. The van der Waals surface area contributed by atoms with Gasteiger partial charge in [-0.2, -0.15) is 0 Å². The molecule has 0 aliphatic carbocycles. The minimum absolute atomic E-state index is 0.263. The fraction of sp³-hybridized carbons (Fsp3) is 0.333. The highest BCUT2D eigenvalue weighted by molar-refractivity contribution is 5.88. The summed E-state index contributed by atoms with van der Waals surface area (Å²) in [5, 5.41) is 8.92. The summed E-state index contributed by atoms with van der Waals surface area (Å²) in [6, 6.07) is 3.18. The first-order chi connectivity index (χ1) is 7.99. The second-order valence-electron chi connectivity index (χ2n) is 4.33. The highest BCUT2D eigenvalue weighted by Gasteiger charge is 2.11. The third-order valence-electron chi connectivity index (χ3n) is 2.64. The summed E-state index contributed by atoms with van der Waals surface area (Å²) in [6.07, 6.45) is 1.76. The number of hydrogen-bond donors (Lipinski definition) is 1. The molecule has 0 atom stereocenters. The Hall–Kier alpha value is -1.88. The topological polar surface area (TPSA) is 57.8 Å². The van der Waals surface area contributed by atoms with Crippen molar-refractivity contribution >= 4 is 11.6 Å². The van der Waals surface area contributed by atoms with E-state index >= 15 is 0 Å². The predicted molar refractivity (Wildman–Crippen MR) is 64.3 cm³/mol. The molecule has 2 heterocycles. The molecule has 2 aromatic rings. The first-order valence-corrected chi connectivity index (χ1v) is 5.34. The van der Waals surface area contributed by atoms with Gasteiger partial charge in [0.2, 0.25) is 0 Å². The van der Waals surface area contributed by atoms with Crippen molar-refractivity contribution in [2.75, 3.05) is 14.1 Å². The van der Waals surface area contributed by atoms with Gasteiger partial charge >= 0.3 is 5.97 Å². The number of hydrogen-bond acceptors (Lipinski definition) is 3. The summed E-state index contributed by atoms with van der Waals surface area (Å²) >= 11 is 0. The number of imidazole rings is 1. The van der Waals surface area contributed by atoms with Crippen molar-refractivity contribution in [2.45, 2.75) is 13.5 Å².